The van der Waals surface area contributed by atoms with Crippen molar-refractivity contribution in [3.8, 4) is 0 Å². The van der Waals surface area contributed by atoms with E-state index in [-0.39, 0.29) is 6.04 Å². The molecular weight excluding hydrogens is 212 g/mol. The molecule has 0 spiro atoms. The zero-order valence-electron chi connectivity index (χ0n) is 10.5. The summed E-state index contributed by atoms with van der Waals surface area (Å²) < 4.78 is 5.49. The third-order valence-electron chi connectivity index (χ3n) is 3.67. The van der Waals surface area contributed by atoms with Crippen molar-refractivity contribution in [1.82, 2.24) is 5.43 Å². The largest absolute Gasteiger partial charge is 0.380 e. The van der Waals surface area contributed by atoms with Crippen LogP contribution in [0.1, 0.15) is 24.5 Å². The van der Waals surface area contributed by atoms with Crippen molar-refractivity contribution in [1.29, 1.82) is 0 Å². The lowest BCUT2D eigenvalue weighted by atomic mass is 9.80. The topological polar surface area (TPSA) is 47.3 Å². The second kappa shape index (κ2) is 6.15. The maximum atomic E-state index is 5.63. The van der Waals surface area contributed by atoms with Gasteiger partial charge in [-0.3, -0.25) is 11.3 Å². The van der Waals surface area contributed by atoms with Crippen LogP contribution < -0.4 is 11.3 Å². The third-order valence-corrected chi connectivity index (χ3v) is 3.67. The maximum absolute atomic E-state index is 5.63. The number of hydrazine groups is 1. The van der Waals surface area contributed by atoms with Crippen molar-refractivity contribution >= 4 is 0 Å². The molecule has 0 heterocycles. The predicted molar refractivity (Wildman–Crippen MR) is 69.6 cm³/mol. The summed E-state index contributed by atoms with van der Waals surface area (Å²) in [6, 6.07) is 8.98. The molecule has 3 heteroatoms. The number of fused-ring (bicyclic) bond motifs is 1. The molecule has 0 bridgehead atoms. The second-order valence-electron chi connectivity index (χ2n) is 4.70. The van der Waals surface area contributed by atoms with Gasteiger partial charge in [0.1, 0.15) is 0 Å². The van der Waals surface area contributed by atoms with Crippen LogP contribution in [0.2, 0.25) is 0 Å². The lowest BCUT2D eigenvalue weighted by molar-refractivity contribution is 0.0992. The van der Waals surface area contributed by atoms with Gasteiger partial charge in [-0.1, -0.05) is 24.3 Å². The lowest BCUT2D eigenvalue weighted by Gasteiger charge is -2.31. The highest BCUT2D eigenvalue weighted by Gasteiger charge is 2.25. The molecule has 1 aromatic rings. The van der Waals surface area contributed by atoms with Gasteiger partial charge in [0.15, 0.2) is 0 Å². The summed E-state index contributed by atoms with van der Waals surface area (Å²) in [4.78, 5) is 0. The SMILES string of the molecule is CCOCC(NN)C1CCc2ccccc2C1. The highest BCUT2D eigenvalue weighted by Crippen LogP contribution is 2.27. The Morgan fingerprint density at radius 1 is 1.41 bits per heavy atom. The van der Waals surface area contributed by atoms with Crippen LogP contribution in [-0.4, -0.2) is 19.3 Å². The zero-order chi connectivity index (χ0) is 12.1. The van der Waals surface area contributed by atoms with E-state index >= 15 is 0 Å². The van der Waals surface area contributed by atoms with Gasteiger partial charge >= 0.3 is 0 Å². The number of aryl methyl sites for hydroxylation is 1. The summed E-state index contributed by atoms with van der Waals surface area (Å²) >= 11 is 0. The van der Waals surface area contributed by atoms with Gasteiger partial charge in [0, 0.05) is 12.6 Å². The molecule has 0 aliphatic heterocycles. The van der Waals surface area contributed by atoms with Gasteiger partial charge in [0.25, 0.3) is 0 Å². The number of hydrogen-bond donors (Lipinski definition) is 2. The summed E-state index contributed by atoms with van der Waals surface area (Å²) in [5.41, 5.74) is 5.88. The monoisotopic (exact) mass is 234 g/mol. The molecule has 17 heavy (non-hydrogen) atoms. The van der Waals surface area contributed by atoms with E-state index in [1.165, 1.54) is 17.5 Å². The van der Waals surface area contributed by atoms with E-state index in [9.17, 15) is 0 Å². The molecule has 2 atom stereocenters. The van der Waals surface area contributed by atoms with E-state index in [4.69, 9.17) is 10.6 Å². The summed E-state index contributed by atoms with van der Waals surface area (Å²) in [6.07, 6.45) is 3.46. The Hall–Kier alpha value is -0.900. The average Bonchev–Trinajstić information content (AvgIpc) is 2.39. The summed E-state index contributed by atoms with van der Waals surface area (Å²) in [6.45, 7) is 3.48. The minimum Gasteiger partial charge on any atom is -0.380 e. The zero-order valence-corrected chi connectivity index (χ0v) is 10.5. The van der Waals surface area contributed by atoms with Gasteiger partial charge in [-0.25, -0.2) is 0 Å². The summed E-state index contributed by atoms with van der Waals surface area (Å²) in [7, 11) is 0. The standard InChI is InChI=1S/C14H22N2O/c1-2-17-10-14(16-15)13-8-7-11-5-3-4-6-12(11)9-13/h3-6,13-14,16H,2,7-10,15H2,1H3. The first-order chi connectivity index (χ1) is 8.35. The Balaban J connectivity index is 2.00. The molecular formula is C14H22N2O. The molecule has 94 valence electrons. The first-order valence-corrected chi connectivity index (χ1v) is 6.45. The molecule has 2 rings (SSSR count). The normalized spacial score (nSPS) is 20.9. The van der Waals surface area contributed by atoms with E-state index < -0.39 is 0 Å². The molecule has 1 aromatic carbocycles. The molecule has 0 aromatic heterocycles. The summed E-state index contributed by atoms with van der Waals surface area (Å²) in [5.74, 6) is 6.22. The number of benzene rings is 1. The molecule has 0 saturated heterocycles. The molecule has 0 saturated carbocycles. The number of nitrogens with two attached hydrogens (primary N) is 1. The van der Waals surface area contributed by atoms with Crippen molar-refractivity contribution in [2.24, 2.45) is 11.8 Å². The van der Waals surface area contributed by atoms with Crippen molar-refractivity contribution < 1.29 is 4.74 Å². The van der Waals surface area contributed by atoms with Gasteiger partial charge in [-0.2, -0.15) is 0 Å². The number of hydrogen-bond acceptors (Lipinski definition) is 3. The van der Waals surface area contributed by atoms with Crippen LogP contribution in [-0.2, 0) is 17.6 Å². The fourth-order valence-electron chi connectivity index (χ4n) is 2.63. The number of ether oxygens (including phenoxy) is 1. The Kier molecular flexibility index (Phi) is 4.54. The Morgan fingerprint density at radius 2 is 2.18 bits per heavy atom. The smallest absolute Gasteiger partial charge is 0.0635 e. The lowest BCUT2D eigenvalue weighted by Crippen LogP contribution is -2.46. The van der Waals surface area contributed by atoms with Crippen LogP contribution >= 0.6 is 0 Å². The van der Waals surface area contributed by atoms with Gasteiger partial charge in [-0.05, 0) is 43.2 Å². The van der Waals surface area contributed by atoms with E-state index in [0.717, 1.165) is 19.4 Å². The fourth-order valence-corrected chi connectivity index (χ4v) is 2.63. The quantitative estimate of drug-likeness (QED) is 0.601. The van der Waals surface area contributed by atoms with Crippen LogP contribution in [0, 0.1) is 5.92 Å². The van der Waals surface area contributed by atoms with E-state index in [1.54, 1.807) is 0 Å². The molecule has 3 N–H and O–H groups in total. The number of nitrogens with one attached hydrogen (secondary N) is 1. The van der Waals surface area contributed by atoms with Crippen LogP contribution in [0.15, 0.2) is 24.3 Å². The van der Waals surface area contributed by atoms with Crippen molar-refractivity contribution in [3.63, 3.8) is 0 Å². The molecule has 0 amide bonds. The molecule has 2 unspecified atom stereocenters. The number of rotatable bonds is 5. The highest BCUT2D eigenvalue weighted by molar-refractivity contribution is 5.29. The predicted octanol–water partition coefficient (Wildman–Crippen LogP) is 1.66. The van der Waals surface area contributed by atoms with Crippen molar-refractivity contribution in [2.45, 2.75) is 32.2 Å². The molecule has 0 fully saturated rings. The van der Waals surface area contributed by atoms with Crippen LogP contribution in [0.25, 0.3) is 0 Å². The maximum Gasteiger partial charge on any atom is 0.0635 e. The Bertz CT molecular complexity index is 354. The van der Waals surface area contributed by atoms with Gasteiger partial charge in [0.05, 0.1) is 6.61 Å². The van der Waals surface area contributed by atoms with Gasteiger partial charge in [-0.15, -0.1) is 0 Å². The molecule has 1 aliphatic rings. The van der Waals surface area contributed by atoms with E-state index in [0.29, 0.717) is 12.5 Å². The minimum absolute atomic E-state index is 0.267. The van der Waals surface area contributed by atoms with Gasteiger partial charge < -0.3 is 4.74 Å². The average molecular weight is 234 g/mol. The van der Waals surface area contributed by atoms with E-state index in [1.807, 2.05) is 6.92 Å². The Labute approximate surface area is 103 Å². The van der Waals surface area contributed by atoms with Crippen LogP contribution in [0.4, 0.5) is 0 Å². The van der Waals surface area contributed by atoms with Crippen molar-refractivity contribution in [2.75, 3.05) is 13.2 Å². The third kappa shape index (κ3) is 3.06. The first kappa shape index (κ1) is 12.6. The Morgan fingerprint density at radius 3 is 2.88 bits per heavy atom. The molecule has 1 aliphatic carbocycles. The molecule has 3 nitrogen and oxygen atoms in total. The van der Waals surface area contributed by atoms with Crippen LogP contribution in [0.3, 0.4) is 0 Å². The fraction of sp³-hybridized carbons (Fsp3) is 0.571. The van der Waals surface area contributed by atoms with Gasteiger partial charge in [0.2, 0.25) is 0 Å². The first-order valence-electron chi connectivity index (χ1n) is 6.45. The summed E-state index contributed by atoms with van der Waals surface area (Å²) in [5, 5.41) is 0. The highest BCUT2D eigenvalue weighted by atomic mass is 16.5. The minimum atomic E-state index is 0.267. The molecule has 0 radical (unpaired) electrons. The van der Waals surface area contributed by atoms with Crippen LogP contribution in [0.5, 0.6) is 0 Å². The van der Waals surface area contributed by atoms with Crippen molar-refractivity contribution in [3.05, 3.63) is 35.4 Å². The second-order valence-corrected chi connectivity index (χ2v) is 4.70. The van der Waals surface area contributed by atoms with E-state index in [2.05, 4.69) is 29.7 Å².